The molecule has 0 unspecified atom stereocenters. The van der Waals surface area contributed by atoms with Gasteiger partial charge in [-0.15, -0.1) is 0 Å². The molecule has 0 saturated heterocycles. The number of nitro benzene ring substituents is 1. The topological polar surface area (TPSA) is 112 Å². The minimum absolute atomic E-state index is 0.0218. The van der Waals surface area contributed by atoms with Gasteiger partial charge in [0.05, 0.1) is 30.4 Å². The third-order valence-corrected chi connectivity index (χ3v) is 5.50. The normalized spacial score (nSPS) is 10.9. The summed E-state index contributed by atoms with van der Waals surface area (Å²) in [7, 11) is 1.52. The van der Waals surface area contributed by atoms with Crippen LogP contribution in [-0.4, -0.2) is 30.8 Å². The van der Waals surface area contributed by atoms with Gasteiger partial charge in [-0.05, 0) is 71.3 Å². The van der Waals surface area contributed by atoms with Crippen LogP contribution in [0.1, 0.15) is 28.4 Å². The highest BCUT2D eigenvalue weighted by Gasteiger charge is 2.13. The van der Waals surface area contributed by atoms with Crippen LogP contribution in [0, 0.1) is 10.1 Å². The summed E-state index contributed by atoms with van der Waals surface area (Å²) in [5.41, 5.74) is 4.42. The molecule has 0 aromatic heterocycles. The summed E-state index contributed by atoms with van der Waals surface area (Å²) >= 11 is 0. The molecule has 0 radical (unpaired) electrons. The molecule has 188 valence electrons. The molecule has 0 saturated carbocycles. The Morgan fingerprint density at radius 3 is 2.35 bits per heavy atom. The summed E-state index contributed by atoms with van der Waals surface area (Å²) < 4.78 is 17.0. The van der Waals surface area contributed by atoms with Gasteiger partial charge in [0.15, 0.2) is 11.5 Å². The Hall–Kier alpha value is -4.92. The van der Waals surface area contributed by atoms with Crippen LogP contribution in [0.4, 0.5) is 5.69 Å². The Labute approximate surface area is 213 Å². The number of nitrogens with zero attached hydrogens (tertiary/aromatic N) is 2. The first-order chi connectivity index (χ1) is 18.0. The van der Waals surface area contributed by atoms with Gasteiger partial charge in [-0.25, -0.2) is 5.43 Å². The van der Waals surface area contributed by atoms with E-state index < -0.39 is 10.8 Å². The number of ether oxygens (including phenoxy) is 3. The van der Waals surface area contributed by atoms with Crippen LogP contribution in [0.15, 0.2) is 84.0 Å². The summed E-state index contributed by atoms with van der Waals surface area (Å²) in [6, 6.07) is 22.7. The van der Waals surface area contributed by atoms with Crippen LogP contribution in [0.25, 0.3) is 10.8 Å². The van der Waals surface area contributed by atoms with Gasteiger partial charge in [0.2, 0.25) is 0 Å². The van der Waals surface area contributed by atoms with Gasteiger partial charge in [-0.2, -0.15) is 5.10 Å². The summed E-state index contributed by atoms with van der Waals surface area (Å²) in [5.74, 6) is 1.09. The quantitative estimate of drug-likeness (QED) is 0.175. The molecule has 0 fully saturated rings. The van der Waals surface area contributed by atoms with E-state index in [-0.39, 0.29) is 12.3 Å². The highest BCUT2D eigenvalue weighted by atomic mass is 16.6. The molecule has 0 spiro atoms. The Morgan fingerprint density at radius 2 is 1.68 bits per heavy atom. The van der Waals surface area contributed by atoms with E-state index in [1.165, 1.54) is 25.5 Å². The summed E-state index contributed by atoms with van der Waals surface area (Å²) in [6.45, 7) is 2.50. The number of carbonyl (C=O) groups excluding carboxylic acids is 1. The van der Waals surface area contributed by atoms with E-state index >= 15 is 0 Å². The van der Waals surface area contributed by atoms with Crippen molar-refractivity contribution < 1.29 is 23.9 Å². The summed E-state index contributed by atoms with van der Waals surface area (Å²) in [4.78, 5) is 23.1. The van der Waals surface area contributed by atoms with Gasteiger partial charge in [0.25, 0.3) is 11.6 Å². The second-order valence-corrected chi connectivity index (χ2v) is 7.95. The Kier molecular flexibility index (Phi) is 7.95. The van der Waals surface area contributed by atoms with Crippen LogP contribution in [0.2, 0.25) is 0 Å². The lowest BCUT2D eigenvalue weighted by molar-refractivity contribution is -0.384. The molecule has 9 heteroatoms. The molecular formula is C28H25N3O6. The number of nitrogens with one attached hydrogen (secondary N) is 1. The number of hydrogen-bond acceptors (Lipinski definition) is 7. The van der Waals surface area contributed by atoms with Crippen LogP contribution in [0.5, 0.6) is 17.2 Å². The minimum atomic E-state index is -0.446. The molecule has 0 heterocycles. The summed E-state index contributed by atoms with van der Waals surface area (Å²) in [6.07, 6.45) is 1.51. The molecule has 0 aliphatic heterocycles. The fourth-order valence-electron chi connectivity index (χ4n) is 3.66. The molecule has 4 aromatic carbocycles. The third kappa shape index (κ3) is 6.21. The Morgan fingerprint density at radius 1 is 0.946 bits per heavy atom. The monoisotopic (exact) mass is 499 g/mol. The number of amides is 1. The first kappa shape index (κ1) is 25.2. The zero-order chi connectivity index (χ0) is 26.2. The number of nitro groups is 1. The van der Waals surface area contributed by atoms with Crippen LogP contribution < -0.4 is 19.6 Å². The van der Waals surface area contributed by atoms with Crippen molar-refractivity contribution in [3.05, 3.63) is 106 Å². The van der Waals surface area contributed by atoms with Crippen molar-refractivity contribution in [3.8, 4) is 17.2 Å². The van der Waals surface area contributed by atoms with Crippen molar-refractivity contribution in [2.75, 3.05) is 13.7 Å². The average molecular weight is 500 g/mol. The maximum absolute atomic E-state index is 12.8. The zero-order valence-electron chi connectivity index (χ0n) is 20.3. The maximum Gasteiger partial charge on any atom is 0.275 e. The predicted octanol–water partition coefficient (Wildman–Crippen LogP) is 5.50. The van der Waals surface area contributed by atoms with Crippen LogP contribution in [-0.2, 0) is 6.61 Å². The third-order valence-electron chi connectivity index (χ3n) is 5.50. The van der Waals surface area contributed by atoms with Crippen molar-refractivity contribution in [3.63, 3.8) is 0 Å². The second kappa shape index (κ2) is 11.7. The molecule has 0 bridgehead atoms. The first-order valence-corrected chi connectivity index (χ1v) is 11.5. The maximum atomic E-state index is 12.8. The molecule has 4 aromatic rings. The highest BCUT2D eigenvalue weighted by molar-refractivity contribution is 6.02. The van der Waals surface area contributed by atoms with Crippen LogP contribution in [0.3, 0.4) is 0 Å². The molecule has 1 amide bonds. The fraction of sp³-hybridized carbons (Fsp3) is 0.143. The number of benzene rings is 4. The first-order valence-electron chi connectivity index (χ1n) is 11.5. The van der Waals surface area contributed by atoms with Crippen molar-refractivity contribution >= 4 is 28.6 Å². The van der Waals surface area contributed by atoms with Crippen molar-refractivity contribution in [2.24, 2.45) is 5.10 Å². The molecule has 0 aliphatic rings. The van der Waals surface area contributed by atoms with E-state index in [0.29, 0.717) is 35.0 Å². The van der Waals surface area contributed by atoms with E-state index in [9.17, 15) is 14.9 Å². The van der Waals surface area contributed by atoms with Gasteiger partial charge in [0.1, 0.15) is 12.4 Å². The Balaban J connectivity index is 1.44. The van der Waals surface area contributed by atoms with Gasteiger partial charge in [-0.3, -0.25) is 14.9 Å². The molecule has 0 aliphatic carbocycles. The largest absolute Gasteiger partial charge is 0.496 e. The van der Waals surface area contributed by atoms with E-state index in [4.69, 9.17) is 14.2 Å². The highest BCUT2D eigenvalue weighted by Crippen LogP contribution is 2.29. The smallest absolute Gasteiger partial charge is 0.275 e. The number of carbonyl (C=O) groups is 1. The molecule has 37 heavy (non-hydrogen) atoms. The number of hydrazone groups is 1. The van der Waals surface area contributed by atoms with E-state index in [2.05, 4.69) is 10.5 Å². The number of methoxy groups -OCH3 is 1. The molecule has 9 nitrogen and oxygen atoms in total. The van der Waals surface area contributed by atoms with Gasteiger partial charge in [0, 0.05) is 12.1 Å². The SMILES string of the molecule is CCOc1cc(/C=N\NC(=O)c2cc3ccccc3cc2OC)ccc1OCc1ccc([N+](=O)[O-])cc1. The molecule has 0 atom stereocenters. The number of hydrogen-bond donors (Lipinski definition) is 1. The number of rotatable bonds is 10. The number of non-ortho nitro benzene ring substituents is 1. The lowest BCUT2D eigenvalue weighted by Crippen LogP contribution is -2.18. The van der Waals surface area contributed by atoms with Crippen molar-refractivity contribution in [1.29, 1.82) is 0 Å². The summed E-state index contributed by atoms with van der Waals surface area (Å²) in [5, 5.41) is 16.8. The van der Waals surface area contributed by atoms with E-state index in [0.717, 1.165) is 16.3 Å². The fourth-order valence-corrected chi connectivity index (χ4v) is 3.66. The molecule has 4 rings (SSSR count). The van der Waals surface area contributed by atoms with E-state index in [1.807, 2.05) is 37.3 Å². The molecular weight excluding hydrogens is 474 g/mol. The van der Waals surface area contributed by atoms with Gasteiger partial charge in [-0.1, -0.05) is 24.3 Å². The van der Waals surface area contributed by atoms with Crippen molar-refractivity contribution in [2.45, 2.75) is 13.5 Å². The second-order valence-electron chi connectivity index (χ2n) is 7.95. The van der Waals surface area contributed by atoms with E-state index in [1.54, 1.807) is 36.4 Å². The standard InChI is InChI=1S/C28H25N3O6/c1-3-36-27-14-20(10-13-25(27)37-18-19-8-11-23(12-9-19)31(33)34)17-29-30-28(32)24-15-21-6-4-5-7-22(21)16-26(24)35-2/h4-17H,3,18H2,1-2H3,(H,30,32)/b29-17-. The Bertz CT molecular complexity index is 1450. The zero-order valence-corrected chi connectivity index (χ0v) is 20.3. The lowest BCUT2D eigenvalue weighted by atomic mass is 10.1. The van der Waals surface area contributed by atoms with Crippen molar-refractivity contribution in [1.82, 2.24) is 5.43 Å². The minimum Gasteiger partial charge on any atom is -0.496 e. The average Bonchev–Trinajstić information content (AvgIpc) is 2.92. The lowest BCUT2D eigenvalue weighted by Gasteiger charge is -2.12. The molecule has 1 N–H and O–H groups in total. The van der Waals surface area contributed by atoms with Gasteiger partial charge < -0.3 is 14.2 Å². The van der Waals surface area contributed by atoms with Crippen LogP contribution >= 0.6 is 0 Å². The number of fused-ring (bicyclic) bond motifs is 1. The predicted molar refractivity (Wildman–Crippen MR) is 141 cm³/mol. The van der Waals surface area contributed by atoms with Gasteiger partial charge >= 0.3 is 0 Å².